The molecule has 0 radical (unpaired) electrons. The van der Waals surface area contributed by atoms with E-state index in [0.717, 1.165) is 22.5 Å². The first-order chi connectivity index (χ1) is 10.6. The Morgan fingerprint density at radius 1 is 1.09 bits per heavy atom. The molecule has 2 rings (SSSR count). The van der Waals surface area contributed by atoms with Gasteiger partial charge in [-0.05, 0) is 35.9 Å². The largest absolute Gasteiger partial charge is 0.416 e. The summed E-state index contributed by atoms with van der Waals surface area (Å²) < 4.78 is 64.0. The number of alkyl halides is 3. The van der Waals surface area contributed by atoms with Crippen molar-refractivity contribution >= 4 is 21.6 Å². The molecule has 124 valence electrons. The molecule has 0 atom stereocenters. The first kappa shape index (κ1) is 17.8. The number of hydrogen-bond acceptors (Lipinski definition) is 2. The van der Waals surface area contributed by atoms with Crippen LogP contribution in [0.15, 0.2) is 53.4 Å². The first-order valence-corrected chi connectivity index (χ1v) is 8.30. The summed E-state index contributed by atoms with van der Waals surface area (Å²) >= 11 is 5.76. The average molecular weight is 364 g/mol. The van der Waals surface area contributed by atoms with E-state index in [1.807, 2.05) is 0 Å². The maximum absolute atomic E-state index is 12.7. The van der Waals surface area contributed by atoms with Crippen molar-refractivity contribution in [2.24, 2.45) is 0 Å². The van der Waals surface area contributed by atoms with Gasteiger partial charge in [-0.15, -0.1) is 0 Å². The minimum absolute atomic E-state index is 0.0236. The lowest BCUT2D eigenvalue weighted by Gasteiger charge is -2.18. The molecule has 2 aromatic rings. The third-order valence-electron chi connectivity index (χ3n) is 3.19. The molecule has 8 heteroatoms. The second kappa shape index (κ2) is 6.51. The molecular formula is C15H13ClF3NO2S. The van der Waals surface area contributed by atoms with Gasteiger partial charge in [0.2, 0.25) is 10.0 Å². The van der Waals surface area contributed by atoms with E-state index in [1.54, 1.807) is 24.3 Å². The zero-order valence-electron chi connectivity index (χ0n) is 12.0. The van der Waals surface area contributed by atoms with Crippen LogP contribution in [0, 0.1) is 0 Å². The molecule has 0 heterocycles. The van der Waals surface area contributed by atoms with Crippen LogP contribution in [-0.2, 0) is 22.7 Å². The molecule has 0 N–H and O–H groups in total. The van der Waals surface area contributed by atoms with Crippen LogP contribution in [0.5, 0.6) is 0 Å². The summed E-state index contributed by atoms with van der Waals surface area (Å²) in [6.45, 7) is 0.0236. The molecular weight excluding hydrogens is 351 g/mol. The molecule has 0 unspecified atom stereocenters. The molecule has 0 aliphatic carbocycles. The average Bonchev–Trinajstić information content (AvgIpc) is 2.49. The van der Waals surface area contributed by atoms with Crippen molar-refractivity contribution in [3.63, 3.8) is 0 Å². The monoisotopic (exact) mass is 363 g/mol. The molecule has 0 spiro atoms. The minimum Gasteiger partial charge on any atom is -0.207 e. The van der Waals surface area contributed by atoms with Crippen LogP contribution >= 0.6 is 11.6 Å². The lowest BCUT2D eigenvalue weighted by molar-refractivity contribution is -0.137. The molecule has 0 aliphatic rings. The zero-order valence-corrected chi connectivity index (χ0v) is 13.6. The highest BCUT2D eigenvalue weighted by atomic mass is 35.5. The predicted octanol–water partition coefficient (Wildman–Crippen LogP) is 4.18. The van der Waals surface area contributed by atoms with E-state index in [2.05, 4.69) is 0 Å². The maximum atomic E-state index is 12.7. The van der Waals surface area contributed by atoms with Gasteiger partial charge in [0.15, 0.2) is 0 Å². The second-order valence-corrected chi connectivity index (χ2v) is 7.39. The van der Waals surface area contributed by atoms with E-state index in [9.17, 15) is 21.6 Å². The van der Waals surface area contributed by atoms with Crippen molar-refractivity contribution < 1.29 is 21.6 Å². The van der Waals surface area contributed by atoms with Crippen LogP contribution in [0.1, 0.15) is 11.1 Å². The normalized spacial score (nSPS) is 12.6. The minimum atomic E-state index is -4.60. The zero-order chi connectivity index (χ0) is 17.3. The Morgan fingerprint density at radius 3 is 2.26 bits per heavy atom. The Hall–Kier alpha value is -1.57. The Kier molecular flexibility index (Phi) is 5.03. The number of halogens is 4. The first-order valence-electron chi connectivity index (χ1n) is 6.49. The summed E-state index contributed by atoms with van der Waals surface area (Å²) in [6, 6.07) is 10.2. The van der Waals surface area contributed by atoms with Gasteiger partial charge in [0.05, 0.1) is 10.5 Å². The lowest BCUT2D eigenvalue weighted by atomic mass is 10.2. The summed E-state index contributed by atoms with van der Waals surface area (Å²) in [5.74, 6) is 0. The van der Waals surface area contributed by atoms with Gasteiger partial charge in [0, 0.05) is 18.6 Å². The van der Waals surface area contributed by atoms with Crippen LogP contribution < -0.4 is 0 Å². The van der Waals surface area contributed by atoms with E-state index in [0.29, 0.717) is 16.7 Å². The third kappa shape index (κ3) is 4.25. The van der Waals surface area contributed by atoms with Crippen LogP contribution in [0.4, 0.5) is 13.2 Å². The van der Waals surface area contributed by atoms with Gasteiger partial charge in [0.1, 0.15) is 0 Å². The molecule has 0 bridgehead atoms. The van der Waals surface area contributed by atoms with E-state index < -0.39 is 26.7 Å². The number of hydrogen-bond donors (Lipinski definition) is 0. The highest BCUT2D eigenvalue weighted by Gasteiger charge is 2.32. The number of sulfonamides is 1. The second-order valence-electron chi connectivity index (χ2n) is 4.91. The van der Waals surface area contributed by atoms with Crippen LogP contribution in [0.3, 0.4) is 0 Å². The van der Waals surface area contributed by atoms with Crippen molar-refractivity contribution in [1.82, 2.24) is 4.31 Å². The molecule has 23 heavy (non-hydrogen) atoms. The van der Waals surface area contributed by atoms with Crippen LogP contribution in [-0.4, -0.2) is 19.8 Å². The Bertz CT molecular complexity index is 789. The van der Waals surface area contributed by atoms with E-state index in [4.69, 9.17) is 11.6 Å². The number of rotatable bonds is 4. The lowest BCUT2D eigenvalue weighted by Crippen LogP contribution is -2.26. The topological polar surface area (TPSA) is 37.4 Å². The molecule has 0 aliphatic heterocycles. The highest BCUT2D eigenvalue weighted by molar-refractivity contribution is 7.89. The molecule has 0 aromatic heterocycles. The van der Waals surface area contributed by atoms with Crippen molar-refractivity contribution in [1.29, 1.82) is 0 Å². The van der Waals surface area contributed by atoms with Crippen LogP contribution in [0.2, 0.25) is 5.02 Å². The van der Waals surface area contributed by atoms with E-state index in [-0.39, 0.29) is 6.54 Å². The fraction of sp³-hybridized carbons (Fsp3) is 0.200. The van der Waals surface area contributed by atoms with Crippen molar-refractivity contribution in [3.8, 4) is 0 Å². The fourth-order valence-corrected chi connectivity index (χ4v) is 3.28. The molecule has 3 nitrogen and oxygen atoms in total. The van der Waals surface area contributed by atoms with Gasteiger partial charge in [0.25, 0.3) is 0 Å². The van der Waals surface area contributed by atoms with Gasteiger partial charge in [-0.3, -0.25) is 0 Å². The standard InChI is InChI=1S/C15H13ClF3NO2S/c1-20(10-11-5-7-13(16)8-6-11)23(21,22)14-4-2-3-12(9-14)15(17,18)19/h2-9H,10H2,1H3. The Labute approximate surface area is 137 Å². The Balaban J connectivity index is 2.28. The molecule has 0 saturated heterocycles. The third-order valence-corrected chi connectivity index (χ3v) is 5.24. The Morgan fingerprint density at radius 2 is 1.70 bits per heavy atom. The SMILES string of the molecule is CN(Cc1ccc(Cl)cc1)S(=O)(=O)c1cccc(C(F)(F)F)c1. The molecule has 0 fully saturated rings. The summed E-state index contributed by atoms with van der Waals surface area (Å²) in [7, 11) is -2.72. The van der Waals surface area contributed by atoms with Crippen molar-refractivity contribution in [3.05, 3.63) is 64.7 Å². The highest BCUT2D eigenvalue weighted by Crippen LogP contribution is 2.31. The number of nitrogens with zero attached hydrogens (tertiary/aromatic N) is 1. The summed E-state index contributed by atoms with van der Waals surface area (Å²) in [4.78, 5) is -0.399. The van der Waals surface area contributed by atoms with E-state index >= 15 is 0 Å². The van der Waals surface area contributed by atoms with Crippen molar-refractivity contribution in [2.75, 3.05) is 7.05 Å². The smallest absolute Gasteiger partial charge is 0.207 e. The quantitative estimate of drug-likeness (QED) is 0.817. The van der Waals surface area contributed by atoms with Gasteiger partial charge < -0.3 is 0 Å². The predicted molar refractivity (Wildman–Crippen MR) is 81.5 cm³/mol. The summed E-state index contributed by atoms with van der Waals surface area (Å²) in [5, 5.41) is 0.511. The van der Waals surface area contributed by atoms with Crippen molar-refractivity contribution in [2.45, 2.75) is 17.6 Å². The molecule has 2 aromatic carbocycles. The summed E-state index contributed by atoms with van der Waals surface area (Å²) in [5.41, 5.74) is -0.328. The van der Waals surface area contributed by atoms with Gasteiger partial charge in [-0.1, -0.05) is 29.8 Å². The number of benzene rings is 2. The van der Waals surface area contributed by atoms with Crippen LogP contribution in [0.25, 0.3) is 0 Å². The van der Waals surface area contributed by atoms with Gasteiger partial charge in [-0.2, -0.15) is 17.5 Å². The molecule has 0 amide bonds. The van der Waals surface area contributed by atoms with Gasteiger partial charge >= 0.3 is 6.18 Å². The van der Waals surface area contributed by atoms with E-state index in [1.165, 1.54) is 7.05 Å². The summed E-state index contributed by atoms with van der Waals surface area (Å²) in [6.07, 6.45) is -4.60. The van der Waals surface area contributed by atoms with Gasteiger partial charge in [-0.25, -0.2) is 8.42 Å². The molecule has 0 saturated carbocycles. The fourth-order valence-electron chi connectivity index (χ4n) is 1.94. The maximum Gasteiger partial charge on any atom is 0.416 e.